The molecule has 2 N–H and O–H groups in total. The zero-order valence-corrected chi connectivity index (χ0v) is 16.2. The van der Waals surface area contributed by atoms with Crippen molar-refractivity contribution in [1.82, 2.24) is 9.13 Å². The number of benzene rings is 1. The second-order valence-electron chi connectivity index (χ2n) is 6.07. The highest BCUT2D eigenvalue weighted by Crippen LogP contribution is 2.35. The number of anilines is 1. The molecule has 0 amide bonds. The molecule has 7 nitrogen and oxygen atoms in total. The van der Waals surface area contributed by atoms with Crippen molar-refractivity contribution in [2.75, 3.05) is 5.73 Å². The number of sulfone groups is 1. The van der Waals surface area contributed by atoms with Crippen molar-refractivity contribution in [2.45, 2.75) is 30.2 Å². The van der Waals surface area contributed by atoms with E-state index in [0.29, 0.717) is 6.07 Å². The second-order valence-corrected chi connectivity index (χ2v) is 8.92. The number of nitrogens with two attached hydrogens (primary N) is 1. The topological polar surface area (TPSA) is 104 Å². The maximum absolute atomic E-state index is 14.6. The Balaban J connectivity index is 3.00. The summed E-state index contributed by atoms with van der Waals surface area (Å²) in [6.07, 6.45) is -5.02. The Labute approximate surface area is 160 Å². The van der Waals surface area contributed by atoms with E-state index in [1.807, 2.05) is 0 Å². The van der Waals surface area contributed by atoms with Gasteiger partial charge in [0.15, 0.2) is 15.7 Å². The van der Waals surface area contributed by atoms with E-state index in [1.54, 1.807) is 0 Å². The molecule has 0 atom stereocenters. The van der Waals surface area contributed by atoms with Crippen LogP contribution in [-0.2, 0) is 23.1 Å². The van der Waals surface area contributed by atoms with Gasteiger partial charge in [0, 0.05) is 13.1 Å². The summed E-state index contributed by atoms with van der Waals surface area (Å²) >= 11 is 5.82. The zero-order valence-electron chi connectivity index (χ0n) is 14.6. The van der Waals surface area contributed by atoms with Crippen LogP contribution >= 0.6 is 11.6 Å². The third-order valence-corrected chi connectivity index (χ3v) is 6.66. The van der Waals surface area contributed by atoms with E-state index >= 15 is 0 Å². The minimum Gasteiger partial charge on any atom is -0.395 e. The summed E-state index contributed by atoms with van der Waals surface area (Å²) in [6.45, 7) is 2.60. The molecular weight excluding hydrogens is 430 g/mol. The van der Waals surface area contributed by atoms with Gasteiger partial charge in [-0.3, -0.25) is 9.36 Å². The van der Waals surface area contributed by atoms with E-state index in [0.717, 1.165) is 7.05 Å². The fraction of sp³-hybridized carbons (Fsp3) is 0.333. The third kappa shape index (κ3) is 3.41. The summed E-state index contributed by atoms with van der Waals surface area (Å²) in [5, 5.41) is -1.68. The highest BCUT2D eigenvalue weighted by atomic mass is 35.5. The minimum absolute atomic E-state index is 0.0522. The molecule has 0 saturated heterocycles. The van der Waals surface area contributed by atoms with E-state index in [2.05, 4.69) is 0 Å². The van der Waals surface area contributed by atoms with Gasteiger partial charge in [-0.25, -0.2) is 22.2 Å². The Morgan fingerprint density at radius 1 is 1.18 bits per heavy atom. The van der Waals surface area contributed by atoms with Crippen LogP contribution in [0, 0.1) is 5.82 Å². The number of alkyl halides is 3. The van der Waals surface area contributed by atoms with Gasteiger partial charge in [-0.2, -0.15) is 13.2 Å². The number of nitrogen functional groups attached to an aromatic ring is 1. The van der Waals surface area contributed by atoms with Crippen molar-refractivity contribution in [1.29, 1.82) is 0 Å². The molecule has 2 rings (SSSR count). The van der Waals surface area contributed by atoms with Gasteiger partial charge in [-0.1, -0.05) is 11.6 Å². The maximum atomic E-state index is 14.6. The van der Waals surface area contributed by atoms with Crippen LogP contribution in [0.4, 0.5) is 23.2 Å². The largest absolute Gasteiger partial charge is 0.431 e. The average Bonchev–Trinajstić information content (AvgIpc) is 2.56. The number of rotatable bonds is 3. The molecule has 0 saturated carbocycles. The molecule has 1 aromatic carbocycles. The lowest BCUT2D eigenvalue weighted by Crippen LogP contribution is -2.41. The van der Waals surface area contributed by atoms with E-state index in [9.17, 15) is 35.6 Å². The molecule has 0 radical (unpaired) electrons. The summed E-state index contributed by atoms with van der Waals surface area (Å²) in [5.74, 6) is -1.42. The summed E-state index contributed by atoms with van der Waals surface area (Å²) < 4.78 is 78.5. The highest BCUT2D eigenvalue weighted by molar-refractivity contribution is 7.92. The Morgan fingerprint density at radius 2 is 1.71 bits per heavy atom. The van der Waals surface area contributed by atoms with Crippen LogP contribution in [0.5, 0.6) is 0 Å². The van der Waals surface area contributed by atoms with Gasteiger partial charge in [0.05, 0.1) is 26.5 Å². The van der Waals surface area contributed by atoms with Gasteiger partial charge in [-0.05, 0) is 19.9 Å². The number of nitrogens with zero attached hydrogens (tertiary/aromatic N) is 2. The monoisotopic (exact) mass is 443 g/mol. The number of halogens is 5. The number of hydrogen-bond acceptors (Lipinski definition) is 5. The summed E-state index contributed by atoms with van der Waals surface area (Å²) in [7, 11) is -3.40. The Hall–Kier alpha value is -2.34. The van der Waals surface area contributed by atoms with Crippen molar-refractivity contribution < 1.29 is 26.0 Å². The second kappa shape index (κ2) is 6.92. The van der Waals surface area contributed by atoms with Crippen LogP contribution in [0.25, 0.3) is 5.69 Å². The molecule has 0 fully saturated rings. The van der Waals surface area contributed by atoms with E-state index in [1.165, 1.54) is 13.8 Å². The first-order chi connectivity index (χ1) is 12.6. The predicted molar refractivity (Wildman–Crippen MR) is 94.0 cm³/mol. The van der Waals surface area contributed by atoms with E-state index < -0.39 is 65.3 Å². The lowest BCUT2D eigenvalue weighted by molar-refractivity contribution is -0.144. The normalized spacial score (nSPS) is 12.6. The fourth-order valence-electron chi connectivity index (χ4n) is 2.36. The van der Waals surface area contributed by atoms with Crippen LogP contribution in [0.2, 0.25) is 5.02 Å². The van der Waals surface area contributed by atoms with E-state index in [4.69, 9.17) is 17.3 Å². The Kier molecular flexibility index (Phi) is 5.43. The lowest BCUT2D eigenvalue weighted by atomic mass is 10.2. The standard InChI is InChI=1S/C15H14ClF4N3O4S/c1-6(2)28(26,27)8-4-7(12(17)13(21)11(8)16)23-10(24)5-9(15(18,19)20)22(3)14(23)25/h4-6H,21H2,1-3H3. The quantitative estimate of drug-likeness (QED) is 0.444. The van der Waals surface area contributed by atoms with Crippen molar-refractivity contribution in [3.05, 3.63) is 49.5 Å². The van der Waals surface area contributed by atoms with Gasteiger partial charge in [0.2, 0.25) is 0 Å². The van der Waals surface area contributed by atoms with Crippen LogP contribution in [0.15, 0.2) is 26.6 Å². The molecule has 13 heteroatoms. The molecule has 0 aliphatic heterocycles. The molecule has 0 bridgehead atoms. The van der Waals surface area contributed by atoms with Crippen molar-refractivity contribution >= 4 is 27.1 Å². The van der Waals surface area contributed by atoms with Crippen LogP contribution in [-0.4, -0.2) is 22.8 Å². The van der Waals surface area contributed by atoms with E-state index in [-0.39, 0.29) is 15.2 Å². The molecule has 0 unspecified atom stereocenters. The summed E-state index contributed by atoms with van der Waals surface area (Å²) in [4.78, 5) is 23.8. The van der Waals surface area contributed by atoms with Crippen molar-refractivity contribution in [3.8, 4) is 5.69 Å². The van der Waals surface area contributed by atoms with Gasteiger partial charge in [0.1, 0.15) is 5.69 Å². The molecular formula is C15H14ClF4N3O4S. The molecule has 2 aromatic rings. The molecule has 1 aromatic heterocycles. The van der Waals surface area contributed by atoms with Crippen molar-refractivity contribution in [3.63, 3.8) is 0 Å². The first-order valence-corrected chi connectivity index (χ1v) is 9.46. The third-order valence-electron chi connectivity index (χ3n) is 3.96. The summed E-state index contributed by atoms with van der Waals surface area (Å²) in [5.41, 5.74) is -0.950. The van der Waals surface area contributed by atoms with Crippen molar-refractivity contribution in [2.24, 2.45) is 7.05 Å². The average molecular weight is 444 g/mol. The molecule has 0 aliphatic rings. The maximum Gasteiger partial charge on any atom is 0.431 e. The molecule has 1 heterocycles. The molecule has 28 heavy (non-hydrogen) atoms. The first-order valence-electron chi connectivity index (χ1n) is 7.54. The van der Waals surface area contributed by atoms with Gasteiger partial charge >= 0.3 is 11.9 Å². The van der Waals surface area contributed by atoms with Crippen LogP contribution in [0.3, 0.4) is 0 Å². The first kappa shape index (κ1) is 22.0. The minimum atomic E-state index is -5.02. The number of aromatic nitrogens is 2. The Bertz CT molecular complexity index is 1180. The van der Waals surface area contributed by atoms with Gasteiger partial charge < -0.3 is 5.73 Å². The smallest absolute Gasteiger partial charge is 0.395 e. The highest BCUT2D eigenvalue weighted by Gasteiger charge is 2.36. The van der Waals surface area contributed by atoms with Gasteiger partial charge in [0.25, 0.3) is 5.56 Å². The SMILES string of the molecule is CC(C)S(=O)(=O)c1cc(-n2c(=O)cc(C(F)(F)F)n(C)c2=O)c(F)c(N)c1Cl. The lowest BCUT2D eigenvalue weighted by Gasteiger charge is -2.17. The zero-order chi connectivity index (χ0) is 21.8. The Morgan fingerprint density at radius 3 is 2.18 bits per heavy atom. The summed E-state index contributed by atoms with van der Waals surface area (Å²) in [6, 6.07) is 0.682. The predicted octanol–water partition coefficient (Wildman–Crippen LogP) is 2.11. The molecule has 0 spiro atoms. The van der Waals surface area contributed by atoms with Crippen LogP contribution in [0.1, 0.15) is 19.5 Å². The molecule has 154 valence electrons. The number of hydrogen-bond donors (Lipinski definition) is 1. The van der Waals surface area contributed by atoms with Crippen LogP contribution < -0.4 is 17.0 Å². The fourth-order valence-corrected chi connectivity index (χ4v) is 3.96. The molecule has 0 aliphatic carbocycles. The van der Waals surface area contributed by atoms with Gasteiger partial charge in [-0.15, -0.1) is 0 Å².